The summed E-state index contributed by atoms with van der Waals surface area (Å²) in [5.41, 5.74) is -0.273. The number of rotatable bonds is 5. The van der Waals surface area contributed by atoms with Crippen molar-refractivity contribution in [1.82, 2.24) is 5.32 Å². The number of hydrogen-bond donors (Lipinski definition) is 2. The molecule has 0 aromatic heterocycles. The van der Waals surface area contributed by atoms with Gasteiger partial charge in [-0.25, -0.2) is 4.79 Å². The molecule has 0 spiro atoms. The van der Waals surface area contributed by atoms with Crippen LogP contribution in [0.4, 0.5) is 0 Å². The molecule has 7 heteroatoms. The first-order chi connectivity index (χ1) is 11.9. The smallest absolute Gasteiger partial charge is 0.373 e. The van der Waals surface area contributed by atoms with Crippen molar-refractivity contribution in [2.45, 2.75) is 37.7 Å². The molecule has 3 rings (SSSR count). The maximum atomic E-state index is 12.5. The van der Waals surface area contributed by atoms with Gasteiger partial charge in [0.15, 0.2) is 5.78 Å². The van der Waals surface area contributed by atoms with Crippen molar-refractivity contribution in [3.8, 4) is 5.75 Å². The van der Waals surface area contributed by atoms with Gasteiger partial charge in [-0.2, -0.15) is 0 Å². The number of hydrogen-bond acceptors (Lipinski definition) is 6. The number of Topliss-reactive ketones (excluding diaryl/α,β-unsaturated/α-hetero) is 2. The monoisotopic (exact) mass is 347 g/mol. The number of ether oxygens (including phenoxy) is 2. The first-order valence-electron chi connectivity index (χ1n) is 8.32. The second kappa shape index (κ2) is 6.93. The van der Waals surface area contributed by atoms with Gasteiger partial charge in [0, 0.05) is 13.0 Å². The molecule has 1 fully saturated rings. The zero-order valence-electron chi connectivity index (χ0n) is 14.0. The molecule has 2 unspecified atom stereocenters. The topological polar surface area (TPSA) is 102 Å². The number of carboxylic acid groups (broad SMARTS) is 1. The fourth-order valence-electron chi connectivity index (χ4n) is 3.38. The highest BCUT2D eigenvalue weighted by Crippen LogP contribution is 2.36. The van der Waals surface area contributed by atoms with Crippen LogP contribution in [0.25, 0.3) is 0 Å². The van der Waals surface area contributed by atoms with Gasteiger partial charge in [-0.1, -0.05) is 6.07 Å². The molecule has 25 heavy (non-hydrogen) atoms. The quantitative estimate of drug-likeness (QED) is 0.774. The van der Waals surface area contributed by atoms with E-state index in [-0.39, 0.29) is 18.3 Å². The van der Waals surface area contributed by atoms with E-state index in [1.807, 2.05) is 0 Å². The summed E-state index contributed by atoms with van der Waals surface area (Å²) in [6.45, 7) is 2.96. The first-order valence-corrected chi connectivity index (χ1v) is 8.32. The van der Waals surface area contributed by atoms with Gasteiger partial charge in [0.25, 0.3) is 0 Å². The van der Waals surface area contributed by atoms with Crippen molar-refractivity contribution in [2.75, 3.05) is 19.9 Å². The summed E-state index contributed by atoms with van der Waals surface area (Å²) in [7, 11) is 0. The van der Waals surface area contributed by atoms with Crippen molar-refractivity contribution < 1.29 is 29.0 Å². The van der Waals surface area contributed by atoms with Crippen LogP contribution in [0.1, 0.15) is 42.1 Å². The molecule has 2 aliphatic rings. The van der Waals surface area contributed by atoms with Crippen LogP contribution in [0, 0.1) is 0 Å². The SMILES string of the molecule is CC(CC1CNCO1)(C(=O)C(=O)O)c1ccc2c(c1)OCCCC2=O. The molecule has 2 heterocycles. The molecule has 1 aromatic rings. The van der Waals surface area contributed by atoms with E-state index in [1.165, 1.54) is 0 Å². The van der Waals surface area contributed by atoms with E-state index in [1.54, 1.807) is 25.1 Å². The summed E-state index contributed by atoms with van der Waals surface area (Å²) in [5, 5.41) is 12.3. The fourth-order valence-corrected chi connectivity index (χ4v) is 3.38. The predicted octanol–water partition coefficient (Wildman–Crippen LogP) is 1.29. The zero-order valence-corrected chi connectivity index (χ0v) is 14.0. The number of carbonyl (C=O) groups is 3. The molecule has 0 radical (unpaired) electrons. The molecule has 2 atom stereocenters. The Kier molecular flexibility index (Phi) is 4.87. The highest BCUT2D eigenvalue weighted by atomic mass is 16.5. The van der Waals surface area contributed by atoms with Crippen molar-refractivity contribution in [2.24, 2.45) is 0 Å². The maximum Gasteiger partial charge on any atom is 0.373 e. The molecule has 2 N–H and O–H groups in total. The van der Waals surface area contributed by atoms with E-state index >= 15 is 0 Å². The third-order valence-corrected chi connectivity index (χ3v) is 4.85. The van der Waals surface area contributed by atoms with Gasteiger partial charge in [0.1, 0.15) is 5.75 Å². The van der Waals surface area contributed by atoms with Crippen molar-refractivity contribution in [3.63, 3.8) is 0 Å². The van der Waals surface area contributed by atoms with E-state index in [2.05, 4.69) is 5.32 Å². The van der Waals surface area contributed by atoms with Crippen LogP contribution in [-0.2, 0) is 19.7 Å². The molecule has 0 aliphatic carbocycles. The predicted molar refractivity (Wildman–Crippen MR) is 87.9 cm³/mol. The molecule has 1 saturated heterocycles. The summed E-state index contributed by atoms with van der Waals surface area (Å²) < 4.78 is 11.1. The molecule has 0 bridgehead atoms. The third kappa shape index (κ3) is 3.43. The van der Waals surface area contributed by atoms with E-state index in [0.717, 1.165) is 0 Å². The Morgan fingerprint density at radius 2 is 2.20 bits per heavy atom. The van der Waals surface area contributed by atoms with Crippen molar-refractivity contribution in [1.29, 1.82) is 0 Å². The summed E-state index contributed by atoms with van der Waals surface area (Å²) >= 11 is 0. The van der Waals surface area contributed by atoms with E-state index < -0.39 is 17.2 Å². The molecule has 0 amide bonds. The highest BCUT2D eigenvalue weighted by Gasteiger charge is 2.42. The van der Waals surface area contributed by atoms with Crippen LogP contribution in [0.5, 0.6) is 5.75 Å². The van der Waals surface area contributed by atoms with E-state index in [4.69, 9.17) is 9.47 Å². The van der Waals surface area contributed by atoms with Gasteiger partial charge >= 0.3 is 5.97 Å². The van der Waals surface area contributed by atoms with Gasteiger partial charge in [0.05, 0.1) is 30.4 Å². The fraction of sp³-hybridized carbons (Fsp3) is 0.500. The van der Waals surface area contributed by atoms with E-state index in [9.17, 15) is 19.5 Å². The zero-order chi connectivity index (χ0) is 18.0. The van der Waals surface area contributed by atoms with Crippen LogP contribution in [0.15, 0.2) is 18.2 Å². The lowest BCUT2D eigenvalue weighted by molar-refractivity contribution is -0.152. The lowest BCUT2D eigenvalue weighted by atomic mass is 9.74. The van der Waals surface area contributed by atoms with Crippen LogP contribution >= 0.6 is 0 Å². The lowest BCUT2D eigenvalue weighted by Gasteiger charge is -2.29. The Morgan fingerprint density at radius 3 is 2.88 bits per heavy atom. The lowest BCUT2D eigenvalue weighted by Crippen LogP contribution is -2.41. The van der Waals surface area contributed by atoms with Crippen molar-refractivity contribution >= 4 is 17.5 Å². The third-order valence-electron chi connectivity index (χ3n) is 4.85. The minimum atomic E-state index is -1.49. The highest BCUT2D eigenvalue weighted by molar-refractivity contribution is 6.36. The number of fused-ring (bicyclic) bond motifs is 1. The summed E-state index contributed by atoms with van der Waals surface area (Å²) in [4.78, 5) is 36.0. The average Bonchev–Trinajstić information content (AvgIpc) is 3.02. The normalized spacial score (nSPS) is 22.4. The van der Waals surface area contributed by atoms with Gasteiger partial charge < -0.3 is 14.6 Å². The van der Waals surface area contributed by atoms with Crippen LogP contribution < -0.4 is 10.1 Å². The Labute approximate surface area is 145 Å². The number of ketones is 2. The Balaban J connectivity index is 2.00. The van der Waals surface area contributed by atoms with Crippen molar-refractivity contribution in [3.05, 3.63) is 29.3 Å². The Morgan fingerprint density at radius 1 is 1.40 bits per heavy atom. The van der Waals surface area contributed by atoms with Gasteiger partial charge in [-0.05, 0) is 37.5 Å². The number of carboxylic acids is 1. The van der Waals surface area contributed by atoms with E-state index in [0.29, 0.717) is 49.6 Å². The second-order valence-electron chi connectivity index (χ2n) is 6.64. The summed E-state index contributed by atoms with van der Waals surface area (Å²) in [6.07, 6.45) is 1.03. The molecule has 2 aliphatic heterocycles. The van der Waals surface area contributed by atoms with Crippen LogP contribution in [0.3, 0.4) is 0 Å². The number of benzene rings is 1. The van der Waals surface area contributed by atoms with Crippen LogP contribution in [-0.4, -0.2) is 48.6 Å². The average molecular weight is 347 g/mol. The molecule has 0 saturated carbocycles. The molecule has 134 valence electrons. The number of nitrogens with one attached hydrogen (secondary N) is 1. The largest absolute Gasteiger partial charge is 0.493 e. The van der Waals surface area contributed by atoms with Gasteiger partial charge in [0.2, 0.25) is 5.78 Å². The Bertz CT molecular complexity index is 710. The maximum absolute atomic E-state index is 12.5. The first kappa shape index (κ1) is 17.6. The molecular weight excluding hydrogens is 326 g/mol. The molecular formula is C18H21NO6. The summed E-state index contributed by atoms with van der Waals surface area (Å²) in [6, 6.07) is 4.90. The molecule has 1 aromatic carbocycles. The molecule has 7 nitrogen and oxygen atoms in total. The minimum absolute atomic E-state index is 0.00589. The van der Waals surface area contributed by atoms with Crippen LogP contribution in [0.2, 0.25) is 0 Å². The van der Waals surface area contributed by atoms with Gasteiger partial charge in [-0.3, -0.25) is 14.9 Å². The second-order valence-corrected chi connectivity index (χ2v) is 6.64. The number of carbonyl (C=O) groups excluding carboxylic acids is 2. The minimum Gasteiger partial charge on any atom is -0.493 e. The Hall–Kier alpha value is -2.25. The van der Waals surface area contributed by atoms with Gasteiger partial charge in [-0.15, -0.1) is 0 Å². The summed E-state index contributed by atoms with van der Waals surface area (Å²) in [5.74, 6) is -1.98. The standard InChI is InChI=1S/C18H21NO6/c1-18(16(21)17(22)23,8-12-9-19-10-25-12)11-4-5-13-14(20)3-2-6-24-15(13)7-11/h4-5,7,12,19H,2-3,6,8-10H2,1H3,(H,22,23). The number of aliphatic carboxylic acids is 1.